The maximum atomic E-state index is 9.76. The molecule has 1 rings (SSSR count). The summed E-state index contributed by atoms with van der Waals surface area (Å²) < 4.78 is 0.580. The monoisotopic (exact) mass is 277 g/mol. The van der Waals surface area contributed by atoms with Crippen LogP contribution >= 0.6 is 27.5 Å². The molecule has 1 aromatic rings. The largest absolute Gasteiger partial charge is 0.506 e. The van der Waals surface area contributed by atoms with E-state index in [0.717, 1.165) is 0 Å². The quantitative estimate of drug-likeness (QED) is 0.870. The normalized spacial score (nSPS) is 13.3. The van der Waals surface area contributed by atoms with Crippen molar-refractivity contribution in [2.45, 2.75) is 19.9 Å². The van der Waals surface area contributed by atoms with E-state index in [1.54, 1.807) is 12.1 Å². The lowest BCUT2D eigenvalue weighted by Gasteiger charge is -2.18. The molecule has 0 spiro atoms. The Bertz CT molecular complexity index is 341. The van der Waals surface area contributed by atoms with Gasteiger partial charge in [0, 0.05) is 16.6 Å². The fourth-order valence-corrected chi connectivity index (χ4v) is 2.03. The first kappa shape index (κ1) is 11.8. The number of rotatable bonds is 2. The molecule has 1 aromatic carbocycles. The van der Waals surface area contributed by atoms with Crippen LogP contribution in [0, 0.1) is 5.92 Å². The molecule has 0 aliphatic rings. The number of aromatic hydroxyl groups is 1. The Hall–Kier alpha value is -0.250. The lowest BCUT2D eigenvalue weighted by Crippen LogP contribution is -2.16. The smallest absolute Gasteiger partial charge is 0.134 e. The fraction of sp³-hybridized carbons (Fsp3) is 0.400. The molecule has 0 amide bonds. The molecule has 0 aromatic heterocycles. The van der Waals surface area contributed by atoms with Crippen molar-refractivity contribution < 1.29 is 5.11 Å². The molecule has 14 heavy (non-hydrogen) atoms. The highest BCUT2D eigenvalue weighted by Gasteiger charge is 2.17. The molecule has 0 heterocycles. The molecule has 0 saturated carbocycles. The number of hydrogen-bond acceptors (Lipinski definition) is 2. The van der Waals surface area contributed by atoms with E-state index in [4.69, 9.17) is 17.3 Å². The number of hydrogen-bond donors (Lipinski definition) is 2. The summed E-state index contributed by atoms with van der Waals surface area (Å²) in [5, 5.41) is 10.3. The summed E-state index contributed by atoms with van der Waals surface area (Å²) in [5.74, 6) is 0.432. The van der Waals surface area contributed by atoms with Gasteiger partial charge in [0.05, 0.1) is 4.47 Å². The van der Waals surface area contributed by atoms with Crippen LogP contribution in [0.2, 0.25) is 5.02 Å². The van der Waals surface area contributed by atoms with E-state index in [2.05, 4.69) is 15.9 Å². The summed E-state index contributed by atoms with van der Waals surface area (Å²) in [6.45, 7) is 4.00. The Morgan fingerprint density at radius 1 is 1.43 bits per heavy atom. The van der Waals surface area contributed by atoms with Gasteiger partial charge in [0.1, 0.15) is 5.75 Å². The molecule has 0 saturated heterocycles. The first-order valence-corrected chi connectivity index (χ1v) is 5.54. The van der Waals surface area contributed by atoms with E-state index < -0.39 is 0 Å². The van der Waals surface area contributed by atoms with Crippen molar-refractivity contribution >= 4 is 27.5 Å². The third-order valence-electron chi connectivity index (χ3n) is 2.14. The van der Waals surface area contributed by atoms with Gasteiger partial charge in [0.2, 0.25) is 0 Å². The van der Waals surface area contributed by atoms with Crippen LogP contribution in [0.5, 0.6) is 5.75 Å². The minimum atomic E-state index is -0.204. The lowest BCUT2D eigenvalue weighted by atomic mass is 9.96. The topological polar surface area (TPSA) is 46.2 Å². The second kappa shape index (κ2) is 4.51. The van der Waals surface area contributed by atoms with Crippen molar-refractivity contribution in [3.63, 3.8) is 0 Å². The molecule has 0 unspecified atom stereocenters. The Kier molecular flexibility index (Phi) is 3.81. The molecule has 0 radical (unpaired) electrons. The predicted molar refractivity (Wildman–Crippen MR) is 62.6 cm³/mol. The second-order valence-corrected chi connectivity index (χ2v) is 4.89. The molecule has 1 atom stereocenters. The van der Waals surface area contributed by atoms with Gasteiger partial charge in [-0.2, -0.15) is 0 Å². The molecule has 0 aliphatic heterocycles. The molecular formula is C10H13BrClNO. The zero-order valence-electron chi connectivity index (χ0n) is 8.09. The first-order chi connectivity index (χ1) is 6.43. The number of phenols is 1. The van der Waals surface area contributed by atoms with Gasteiger partial charge in [0.15, 0.2) is 0 Å². The minimum absolute atomic E-state index is 0.176. The number of halogens is 2. The van der Waals surface area contributed by atoms with Crippen molar-refractivity contribution in [3.05, 3.63) is 27.2 Å². The zero-order valence-corrected chi connectivity index (χ0v) is 10.4. The number of benzene rings is 1. The summed E-state index contributed by atoms with van der Waals surface area (Å²) in [7, 11) is 0. The van der Waals surface area contributed by atoms with Crippen molar-refractivity contribution in [2.24, 2.45) is 11.7 Å². The van der Waals surface area contributed by atoms with Crippen LogP contribution < -0.4 is 5.73 Å². The van der Waals surface area contributed by atoms with E-state index in [9.17, 15) is 5.11 Å². The summed E-state index contributed by atoms with van der Waals surface area (Å²) in [5.41, 5.74) is 6.62. The van der Waals surface area contributed by atoms with Crippen LogP contribution in [0.3, 0.4) is 0 Å². The van der Waals surface area contributed by atoms with Crippen LogP contribution in [0.4, 0.5) is 0 Å². The summed E-state index contributed by atoms with van der Waals surface area (Å²) >= 11 is 9.10. The third kappa shape index (κ3) is 2.41. The van der Waals surface area contributed by atoms with Crippen LogP contribution in [0.25, 0.3) is 0 Å². The summed E-state index contributed by atoms with van der Waals surface area (Å²) in [6, 6.07) is 3.14. The van der Waals surface area contributed by atoms with Crippen LogP contribution in [0.15, 0.2) is 16.6 Å². The molecule has 0 bridgehead atoms. The Morgan fingerprint density at radius 2 is 2.00 bits per heavy atom. The minimum Gasteiger partial charge on any atom is -0.506 e. The van der Waals surface area contributed by atoms with Gasteiger partial charge in [-0.05, 0) is 34.0 Å². The molecular weight excluding hydrogens is 265 g/mol. The molecule has 2 nitrogen and oxygen atoms in total. The van der Waals surface area contributed by atoms with Crippen LogP contribution in [-0.2, 0) is 0 Å². The standard InChI is InChI=1S/C10H13BrClNO/c1-5(2)9(13)7-3-6(12)4-8(11)10(7)14/h3-5,9,14H,13H2,1-2H3/t9-/m1/s1. The zero-order chi connectivity index (χ0) is 10.9. The Labute approximate surface area is 97.2 Å². The molecule has 4 heteroatoms. The van der Waals surface area contributed by atoms with Crippen LogP contribution in [0.1, 0.15) is 25.5 Å². The van der Waals surface area contributed by atoms with Gasteiger partial charge in [0.25, 0.3) is 0 Å². The maximum Gasteiger partial charge on any atom is 0.134 e. The number of phenolic OH excluding ortho intramolecular Hbond substituents is 1. The van der Waals surface area contributed by atoms with Gasteiger partial charge >= 0.3 is 0 Å². The van der Waals surface area contributed by atoms with Crippen molar-refractivity contribution in [3.8, 4) is 5.75 Å². The van der Waals surface area contributed by atoms with Gasteiger partial charge in [-0.3, -0.25) is 0 Å². The lowest BCUT2D eigenvalue weighted by molar-refractivity contribution is 0.437. The van der Waals surface area contributed by atoms with Gasteiger partial charge < -0.3 is 10.8 Å². The van der Waals surface area contributed by atoms with Gasteiger partial charge in [-0.15, -0.1) is 0 Å². The molecule has 78 valence electrons. The highest BCUT2D eigenvalue weighted by molar-refractivity contribution is 9.10. The maximum absolute atomic E-state index is 9.76. The fourth-order valence-electron chi connectivity index (χ4n) is 1.20. The highest BCUT2D eigenvalue weighted by Crippen LogP contribution is 2.36. The molecule has 0 aliphatic carbocycles. The van der Waals surface area contributed by atoms with Crippen molar-refractivity contribution in [1.82, 2.24) is 0 Å². The van der Waals surface area contributed by atoms with E-state index >= 15 is 0 Å². The van der Waals surface area contributed by atoms with E-state index in [0.29, 0.717) is 15.1 Å². The second-order valence-electron chi connectivity index (χ2n) is 3.60. The van der Waals surface area contributed by atoms with Crippen molar-refractivity contribution in [2.75, 3.05) is 0 Å². The van der Waals surface area contributed by atoms with E-state index in [1.807, 2.05) is 13.8 Å². The Balaban J connectivity index is 3.20. The van der Waals surface area contributed by atoms with Crippen molar-refractivity contribution in [1.29, 1.82) is 0 Å². The molecule has 0 fully saturated rings. The predicted octanol–water partition coefficient (Wildman–Crippen LogP) is 3.46. The highest BCUT2D eigenvalue weighted by atomic mass is 79.9. The average molecular weight is 279 g/mol. The molecule has 3 N–H and O–H groups in total. The van der Waals surface area contributed by atoms with Crippen LogP contribution in [-0.4, -0.2) is 5.11 Å². The summed E-state index contributed by atoms with van der Waals surface area (Å²) in [6.07, 6.45) is 0. The third-order valence-corrected chi connectivity index (χ3v) is 2.96. The van der Waals surface area contributed by atoms with Gasteiger partial charge in [-0.25, -0.2) is 0 Å². The first-order valence-electron chi connectivity index (χ1n) is 4.37. The van der Waals surface area contributed by atoms with E-state index in [-0.39, 0.29) is 17.7 Å². The summed E-state index contributed by atoms with van der Waals surface area (Å²) in [4.78, 5) is 0. The van der Waals surface area contributed by atoms with Gasteiger partial charge in [-0.1, -0.05) is 25.4 Å². The average Bonchev–Trinajstić information content (AvgIpc) is 2.09. The van der Waals surface area contributed by atoms with E-state index in [1.165, 1.54) is 0 Å². The number of nitrogens with two attached hydrogens (primary N) is 1. The SMILES string of the molecule is CC(C)[C@@H](N)c1cc(Cl)cc(Br)c1O. The Morgan fingerprint density at radius 3 is 2.50 bits per heavy atom.